The fourth-order valence-corrected chi connectivity index (χ4v) is 2.05. The van der Waals surface area contributed by atoms with Crippen molar-refractivity contribution in [1.82, 2.24) is 5.32 Å². The summed E-state index contributed by atoms with van der Waals surface area (Å²) in [5, 5.41) is 9.30. The van der Waals surface area contributed by atoms with E-state index >= 15 is 0 Å². The summed E-state index contributed by atoms with van der Waals surface area (Å²) in [4.78, 5) is 4.03. The van der Waals surface area contributed by atoms with Gasteiger partial charge in [-0.1, -0.05) is 36.4 Å². The summed E-state index contributed by atoms with van der Waals surface area (Å²) in [5.41, 5.74) is 7.47. The zero-order valence-corrected chi connectivity index (χ0v) is 13.2. The maximum absolute atomic E-state index is 5.77. The van der Waals surface area contributed by atoms with Crippen molar-refractivity contribution in [2.75, 3.05) is 10.6 Å². The molecule has 0 radical (unpaired) electrons. The van der Waals surface area contributed by atoms with Gasteiger partial charge in [-0.3, -0.25) is 0 Å². The molecule has 0 atom stereocenters. The van der Waals surface area contributed by atoms with Gasteiger partial charge in [-0.25, -0.2) is 0 Å². The van der Waals surface area contributed by atoms with Crippen LogP contribution >= 0.6 is 24.4 Å². The van der Waals surface area contributed by atoms with Gasteiger partial charge in [-0.15, -0.1) is 0 Å². The zero-order valence-electron chi connectivity index (χ0n) is 11.6. The van der Waals surface area contributed by atoms with Crippen molar-refractivity contribution in [2.45, 2.75) is 0 Å². The van der Waals surface area contributed by atoms with Crippen LogP contribution in [0.1, 0.15) is 0 Å². The Morgan fingerprint density at radius 2 is 1.32 bits per heavy atom. The van der Waals surface area contributed by atoms with Gasteiger partial charge in [-0.2, -0.15) is 4.99 Å². The molecule has 22 heavy (non-hydrogen) atoms. The lowest BCUT2D eigenvalue weighted by Gasteiger charge is -2.10. The molecule has 0 aromatic heterocycles. The average Bonchev–Trinajstić information content (AvgIpc) is 2.48. The van der Waals surface area contributed by atoms with Gasteiger partial charge in [0.2, 0.25) is 11.1 Å². The maximum atomic E-state index is 5.77. The molecule has 0 fully saturated rings. The van der Waals surface area contributed by atoms with Crippen LogP contribution in [0.15, 0.2) is 65.7 Å². The molecule has 0 heterocycles. The Labute approximate surface area is 139 Å². The zero-order chi connectivity index (χ0) is 15.8. The van der Waals surface area contributed by atoms with Gasteiger partial charge in [0.05, 0.1) is 0 Å². The maximum Gasteiger partial charge on any atom is 0.202 e. The summed E-state index contributed by atoms with van der Waals surface area (Å²) in [6.07, 6.45) is 0. The lowest BCUT2D eigenvalue weighted by atomic mass is 10.3. The predicted molar refractivity (Wildman–Crippen MR) is 100 cm³/mol. The molecular weight excluding hydrogens is 314 g/mol. The Bertz CT molecular complexity index is 671. The molecule has 7 heteroatoms. The van der Waals surface area contributed by atoms with Crippen LogP contribution in [0.3, 0.4) is 0 Å². The van der Waals surface area contributed by atoms with Gasteiger partial charge in [0.1, 0.15) is 0 Å². The third-order valence-corrected chi connectivity index (χ3v) is 2.92. The van der Waals surface area contributed by atoms with Crippen molar-refractivity contribution >= 4 is 52.0 Å². The number of guanidine groups is 1. The van der Waals surface area contributed by atoms with Crippen LogP contribution in [0.25, 0.3) is 0 Å². The molecule has 5 nitrogen and oxygen atoms in total. The molecule has 2 rings (SSSR count). The molecule has 0 amide bonds. The van der Waals surface area contributed by atoms with Gasteiger partial charge in [0, 0.05) is 11.4 Å². The van der Waals surface area contributed by atoms with Gasteiger partial charge < -0.3 is 21.7 Å². The number of hydrogen-bond donors (Lipinski definition) is 4. The topological polar surface area (TPSA) is 74.5 Å². The Balaban J connectivity index is 1.86. The summed E-state index contributed by atoms with van der Waals surface area (Å²) >= 11 is 10.3. The van der Waals surface area contributed by atoms with E-state index in [-0.39, 0.29) is 11.1 Å². The van der Waals surface area contributed by atoms with E-state index in [2.05, 4.69) is 20.9 Å². The van der Waals surface area contributed by atoms with Crippen molar-refractivity contribution in [3.63, 3.8) is 0 Å². The first-order chi connectivity index (χ1) is 10.6. The first-order valence-corrected chi connectivity index (χ1v) is 7.28. The highest BCUT2D eigenvalue weighted by molar-refractivity contribution is 7.80. The number of nitrogens with two attached hydrogens (primary N) is 1. The van der Waals surface area contributed by atoms with Crippen molar-refractivity contribution in [2.24, 2.45) is 10.7 Å². The van der Waals surface area contributed by atoms with E-state index in [1.807, 2.05) is 60.7 Å². The largest absolute Gasteiger partial charge is 0.369 e. The van der Waals surface area contributed by atoms with E-state index in [1.165, 1.54) is 0 Å². The number of nitrogens with zero attached hydrogens (tertiary/aromatic N) is 1. The summed E-state index contributed by atoms with van der Waals surface area (Å²) in [6, 6.07) is 19.0. The third kappa shape index (κ3) is 5.47. The molecule has 2 aromatic carbocycles. The van der Waals surface area contributed by atoms with Crippen molar-refractivity contribution in [1.29, 1.82) is 0 Å². The van der Waals surface area contributed by atoms with E-state index in [0.717, 1.165) is 11.4 Å². The molecule has 0 aliphatic heterocycles. The predicted octanol–water partition coefficient (Wildman–Crippen LogP) is 2.68. The highest BCUT2D eigenvalue weighted by atomic mass is 32.1. The molecule has 112 valence electrons. The lowest BCUT2D eigenvalue weighted by molar-refractivity contribution is 1.31. The first kappa shape index (κ1) is 15.9. The van der Waals surface area contributed by atoms with E-state index in [1.54, 1.807) is 0 Å². The van der Waals surface area contributed by atoms with Crippen LogP contribution in [0.2, 0.25) is 0 Å². The number of aliphatic imine (C=N–C) groups is 1. The Hall–Kier alpha value is -2.51. The number of para-hydroxylation sites is 2. The van der Waals surface area contributed by atoms with Gasteiger partial charge in [0.15, 0.2) is 5.11 Å². The Kier molecular flexibility index (Phi) is 5.81. The SMILES string of the molecule is N/C(=N\C(=S)Nc1ccccc1)NC(=S)Nc1ccccc1. The number of rotatable bonds is 2. The van der Waals surface area contributed by atoms with Crippen LogP contribution in [0.5, 0.6) is 0 Å². The molecular formula is C15H15N5S2. The van der Waals surface area contributed by atoms with Gasteiger partial charge in [0.25, 0.3) is 0 Å². The standard InChI is InChI=1S/C15H15N5S2/c16-13(19-14(21)17-11-7-3-1-4-8-11)20-15(22)18-12-9-5-2-6-10-12/h1-10H,(H5,16,17,18,19,20,21,22). The van der Waals surface area contributed by atoms with Crippen LogP contribution < -0.4 is 21.7 Å². The van der Waals surface area contributed by atoms with Crippen LogP contribution in [-0.4, -0.2) is 16.2 Å². The normalized spacial score (nSPS) is 10.6. The lowest BCUT2D eigenvalue weighted by Crippen LogP contribution is -2.40. The first-order valence-electron chi connectivity index (χ1n) is 6.47. The molecule has 0 aliphatic rings. The van der Waals surface area contributed by atoms with Crippen molar-refractivity contribution < 1.29 is 0 Å². The van der Waals surface area contributed by atoms with Crippen molar-refractivity contribution in [3.8, 4) is 0 Å². The van der Waals surface area contributed by atoms with Gasteiger partial charge in [-0.05, 0) is 48.7 Å². The minimum atomic E-state index is 0.113. The van der Waals surface area contributed by atoms with Crippen LogP contribution in [0, 0.1) is 0 Å². The molecule has 0 bridgehead atoms. The highest BCUT2D eigenvalue weighted by Gasteiger charge is 2.01. The molecule has 0 saturated heterocycles. The summed E-state index contributed by atoms with van der Waals surface area (Å²) in [5.74, 6) is 0.113. The Morgan fingerprint density at radius 1 is 0.818 bits per heavy atom. The monoisotopic (exact) mass is 329 g/mol. The number of benzene rings is 2. The van der Waals surface area contributed by atoms with E-state index < -0.39 is 0 Å². The minimum Gasteiger partial charge on any atom is -0.369 e. The van der Waals surface area contributed by atoms with Crippen molar-refractivity contribution in [3.05, 3.63) is 60.7 Å². The van der Waals surface area contributed by atoms with E-state index in [0.29, 0.717) is 5.11 Å². The number of anilines is 2. The highest BCUT2D eigenvalue weighted by Crippen LogP contribution is 2.05. The molecule has 0 unspecified atom stereocenters. The Morgan fingerprint density at radius 3 is 1.86 bits per heavy atom. The smallest absolute Gasteiger partial charge is 0.202 e. The average molecular weight is 329 g/mol. The second-order valence-electron chi connectivity index (χ2n) is 4.24. The summed E-state index contributed by atoms with van der Waals surface area (Å²) in [6.45, 7) is 0. The molecule has 0 saturated carbocycles. The molecule has 0 spiro atoms. The quantitative estimate of drug-likeness (QED) is 0.386. The second kappa shape index (κ2) is 8.06. The number of thiocarbonyl (C=S) groups is 2. The summed E-state index contributed by atoms with van der Waals surface area (Å²) in [7, 11) is 0. The molecule has 5 N–H and O–H groups in total. The van der Waals surface area contributed by atoms with Crippen LogP contribution in [0.4, 0.5) is 11.4 Å². The minimum absolute atomic E-state index is 0.113. The third-order valence-electron chi connectivity index (χ3n) is 2.52. The summed E-state index contributed by atoms with van der Waals surface area (Å²) < 4.78 is 0. The fraction of sp³-hybridized carbons (Fsp3) is 0. The van der Waals surface area contributed by atoms with Gasteiger partial charge >= 0.3 is 0 Å². The molecule has 0 aliphatic carbocycles. The molecule has 2 aromatic rings. The van der Waals surface area contributed by atoms with E-state index in [4.69, 9.17) is 30.2 Å². The fourth-order valence-electron chi connectivity index (χ4n) is 1.61. The van der Waals surface area contributed by atoms with Crippen LogP contribution in [-0.2, 0) is 0 Å². The van der Waals surface area contributed by atoms with E-state index in [9.17, 15) is 0 Å². The number of nitrogens with one attached hydrogen (secondary N) is 3. The second-order valence-corrected chi connectivity index (χ2v) is 5.03. The number of hydrogen-bond acceptors (Lipinski definition) is 2.